The molecule has 0 unspecified atom stereocenters. The van der Waals surface area contributed by atoms with Gasteiger partial charge in [0, 0.05) is 44.9 Å². The molecule has 0 spiro atoms. The largest absolute Gasteiger partial charge is 0.418 e. The minimum absolute atomic E-state index is 0.118. The summed E-state index contributed by atoms with van der Waals surface area (Å²) in [7, 11) is 3.29. The SMILES string of the molecule is COC[C@H]1CCCN1Cc1cc(C(F)(F)F)c2ccc(Cc3cccc(C4([C@H](F)c5nncn5C)COC4)c3)c(=O)n2c1. The maximum Gasteiger partial charge on any atom is 0.418 e. The van der Waals surface area contributed by atoms with Crippen LogP contribution in [0.1, 0.15) is 52.7 Å². The molecule has 0 saturated carbocycles. The fraction of sp³-hybridized carbons (Fsp3) is 0.452. The number of likely N-dealkylation sites (tertiary alicyclic amines) is 1. The number of aryl methyl sites for hydroxylation is 1. The Kier molecular flexibility index (Phi) is 7.86. The van der Waals surface area contributed by atoms with E-state index in [0.29, 0.717) is 23.3 Å². The van der Waals surface area contributed by atoms with E-state index in [1.54, 1.807) is 20.2 Å². The van der Waals surface area contributed by atoms with E-state index < -0.39 is 28.9 Å². The van der Waals surface area contributed by atoms with Crippen molar-refractivity contribution < 1.29 is 27.0 Å². The van der Waals surface area contributed by atoms with Gasteiger partial charge in [0.1, 0.15) is 6.33 Å². The van der Waals surface area contributed by atoms with Gasteiger partial charge in [-0.25, -0.2) is 4.39 Å². The van der Waals surface area contributed by atoms with Gasteiger partial charge in [0.2, 0.25) is 0 Å². The topological polar surface area (TPSA) is 73.9 Å². The molecule has 6 rings (SSSR count). The van der Waals surface area contributed by atoms with E-state index in [-0.39, 0.29) is 43.6 Å². The molecule has 12 heteroatoms. The minimum Gasteiger partial charge on any atom is -0.383 e. The first-order valence-electron chi connectivity index (χ1n) is 14.2. The van der Waals surface area contributed by atoms with Crippen LogP contribution in [0, 0.1) is 0 Å². The smallest absolute Gasteiger partial charge is 0.383 e. The zero-order valence-corrected chi connectivity index (χ0v) is 24.0. The van der Waals surface area contributed by atoms with Gasteiger partial charge in [-0.05, 0) is 48.2 Å². The van der Waals surface area contributed by atoms with Crippen LogP contribution in [0.3, 0.4) is 0 Å². The van der Waals surface area contributed by atoms with Crippen LogP contribution in [-0.2, 0) is 41.1 Å². The molecule has 3 aromatic heterocycles. The molecule has 43 heavy (non-hydrogen) atoms. The number of benzene rings is 1. The van der Waals surface area contributed by atoms with Gasteiger partial charge < -0.3 is 14.0 Å². The summed E-state index contributed by atoms with van der Waals surface area (Å²) in [5, 5.41) is 7.75. The Balaban J connectivity index is 1.34. The van der Waals surface area contributed by atoms with E-state index in [0.717, 1.165) is 35.4 Å². The van der Waals surface area contributed by atoms with Crippen LogP contribution in [-0.4, -0.2) is 63.6 Å². The summed E-state index contributed by atoms with van der Waals surface area (Å²) in [4.78, 5) is 15.8. The lowest BCUT2D eigenvalue weighted by molar-refractivity contribution is -0.136. The Morgan fingerprint density at radius 2 is 1.98 bits per heavy atom. The fourth-order valence-corrected chi connectivity index (χ4v) is 6.33. The Bertz CT molecular complexity index is 1680. The predicted octanol–water partition coefficient (Wildman–Crippen LogP) is 4.63. The summed E-state index contributed by atoms with van der Waals surface area (Å²) in [5.41, 5.74) is -0.332. The summed E-state index contributed by atoms with van der Waals surface area (Å²) in [5.74, 6) is 0.195. The molecular weight excluding hydrogens is 566 g/mol. The van der Waals surface area contributed by atoms with Crippen molar-refractivity contribution >= 4 is 5.52 Å². The molecule has 2 aliphatic rings. The zero-order chi connectivity index (χ0) is 30.4. The van der Waals surface area contributed by atoms with Crippen LogP contribution in [0.4, 0.5) is 17.6 Å². The highest BCUT2D eigenvalue weighted by Crippen LogP contribution is 2.45. The molecule has 2 fully saturated rings. The average molecular weight is 600 g/mol. The Morgan fingerprint density at radius 3 is 2.65 bits per heavy atom. The van der Waals surface area contributed by atoms with Crippen molar-refractivity contribution in [3.05, 3.63) is 99.0 Å². The molecule has 5 heterocycles. The molecule has 0 radical (unpaired) electrons. The second-order valence-corrected chi connectivity index (χ2v) is 11.6. The number of methoxy groups -OCH3 is 1. The standard InChI is InChI=1S/C31H33F4N5O3/c1-38-19-36-37-28(38)27(32)30(17-43-18-30)23-6-3-5-20(12-23)11-22-8-9-26-25(31(33,34)35)13-21(15-40(26)29(22)41)14-39-10-4-7-24(39)16-42-2/h3,5-6,8-9,12-13,15,19,24,27H,4,7,10-11,14,16-18H2,1-2H3/t24-,27-/m1/s1. The third-order valence-corrected chi connectivity index (χ3v) is 8.72. The van der Waals surface area contributed by atoms with Gasteiger partial charge in [-0.15, -0.1) is 10.2 Å². The fourth-order valence-electron chi connectivity index (χ4n) is 6.33. The molecule has 1 aromatic carbocycles. The van der Waals surface area contributed by atoms with Crippen LogP contribution in [0.15, 0.2) is 59.8 Å². The molecule has 0 N–H and O–H groups in total. The van der Waals surface area contributed by atoms with Crippen LogP contribution >= 0.6 is 0 Å². The number of rotatable bonds is 9. The summed E-state index contributed by atoms with van der Waals surface area (Å²) < 4.78 is 71.8. The molecular formula is C31H33F4N5O3. The first kappa shape index (κ1) is 29.5. The summed E-state index contributed by atoms with van der Waals surface area (Å²) in [6.45, 7) is 1.86. The normalized spacial score (nSPS) is 19.5. The van der Waals surface area contributed by atoms with Crippen molar-refractivity contribution in [1.82, 2.24) is 24.1 Å². The van der Waals surface area contributed by atoms with Crippen molar-refractivity contribution in [1.29, 1.82) is 0 Å². The van der Waals surface area contributed by atoms with Crippen LogP contribution in [0.5, 0.6) is 0 Å². The number of hydrogen-bond donors (Lipinski definition) is 0. The van der Waals surface area contributed by atoms with E-state index in [9.17, 15) is 18.0 Å². The highest BCUT2D eigenvalue weighted by molar-refractivity contribution is 5.58. The quantitative estimate of drug-likeness (QED) is 0.262. The summed E-state index contributed by atoms with van der Waals surface area (Å²) >= 11 is 0. The Labute approximate surface area is 245 Å². The highest BCUT2D eigenvalue weighted by Gasteiger charge is 2.50. The molecule has 0 bridgehead atoms. The molecule has 4 aromatic rings. The van der Waals surface area contributed by atoms with Crippen molar-refractivity contribution in [2.24, 2.45) is 7.05 Å². The number of hydrogen-bond acceptors (Lipinski definition) is 6. The predicted molar refractivity (Wildman–Crippen MR) is 151 cm³/mol. The lowest BCUT2D eigenvalue weighted by atomic mass is 9.73. The van der Waals surface area contributed by atoms with Gasteiger partial charge in [-0.3, -0.25) is 14.1 Å². The van der Waals surface area contributed by atoms with Gasteiger partial charge in [0.05, 0.1) is 36.3 Å². The van der Waals surface area contributed by atoms with Gasteiger partial charge in [0.25, 0.3) is 5.56 Å². The van der Waals surface area contributed by atoms with Gasteiger partial charge in [0.15, 0.2) is 12.0 Å². The van der Waals surface area contributed by atoms with E-state index in [4.69, 9.17) is 9.47 Å². The van der Waals surface area contributed by atoms with Crippen LogP contribution in [0.2, 0.25) is 0 Å². The molecule has 0 amide bonds. The van der Waals surface area contributed by atoms with Crippen LogP contribution < -0.4 is 5.56 Å². The van der Waals surface area contributed by atoms with Gasteiger partial charge in [-0.2, -0.15) is 13.2 Å². The van der Waals surface area contributed by atoms with Crippen molar-refractivity contribution in [3.63, 3.8) is 0 Å². The molecule has 2 saturated heterocycles. The summed E-state index contributed by atoms with van der Waals surface area (Å²) in [6.07, 6.45) is -1.12. The molecule has 0 aliphatic carbocycles. The van der Waals surface area contributed by atoms with E-state index in [1.807, 2.05) is 18.2 Å². The Morgan fingerprint density at radius 1 is 1.16 bits per heavy atom. The second-order valence-electron chi connectivity index (χ2n) is 11.6. The lowest BCUT2D eigenvalue weighted by Gasteiger charge is -2.43. The highest BCUT2D eigenvalue weighted by atomic mass is 19.4. The van der Waals surface area contributed by atoms with E-state index in [1.165, 1.54) is 29.2 Å². The third-order valence-electron chi connectivity index (χ3n) is 8.72. The van der Waals surface area contributed by atoms with E-state index >= 15 is 4.39 Å². The van der Waals surface area contributed by atoms with Crippen molar-refractivity contribution in [3.8, 4) is 0 Å². The number of aromatic nitrogens is 4. The first-order valence-corrected chi connectivity index (χ1v) is 14.2. The molecule has 228 valence electrons. The molecule has 2 atom stereocenters. The minimum atomic E-state index is -4.63. The van der Waals surface area contributed by atoms with Gasteiger partial charge >= 0.3 is 6.18 Å². The zero-order valence-electron chi connectivity index (χ0n) is 24.0. The second kappa shape index (κ2) is 11.5. The molecule has 8 nitrogen and oxygen atoms in total. The number of alkyl halides is 4. The maximum absolute atomic E-state index is 15.8. The van der Waals surface area contributed by atoms with Crippen molar-refractivity contribution in [2.75, 3.05) is 33.5 Å². The lowest BCUT2D eigenvalue weighted by Crippen LogP contribution is -2.50. The molecule has 2 aliphatic heterocycles. The number of halogens is 4. The van der Waals surface area contributed by atoms with E-state index in [2.05, 4.69) is 15.1 Å². The number of nitrogens with zero attached hydrogens (tertiary/aromatic N) is 5. The number of fused-ring (bicyclic) bond motifs is 1. The average Bonchev–Trinajstić information content (AvgIpc) is 3.58. The number of pyridine rings is 2. The van der Waals surface area contributed by atoms with Crippen LogP contribution in [0.25, 0.3) is 5.52 Å². The maximum atomic E-state index is 15.8. The van der Waals surface area contributed by atoms with Crippen molar-refractivity contribution in [2.45, 2.75) is 49.6 Å². The number of ether oxygens (including phenoxy) is 2. The summed E-state index contributed by atoms with van der Waals surface area (Å²) in [6, 6.07) is 11.3. The first-order chi connectivity index (χ1) is 20.6. The monoisotopic (exact) mass is 599 g/mol. The third kappa shape index (κ3) is 5.47. The van der Waals surface area contributed by atoms with Gasteiger partial charge in [-0.1, -0.05) is 30.3 Å². The Hall–Kier alpha value is -3.61.